The molecule has 3 atom stereocenters. The number of carboxylic acid groups (broad SMARTS) is 2. The molecule has 2 amide bonds. The lowest BCUT2D eigenvalue weighted by Gasteiger charge is -2.26. The minimum absolute atomic E-state index is 0.183. The molecule has 1 fully saturated rings. The number of carbonyl (C=O) groups is 4. The number of carboxylic acids is 2. The van der Waals surface area contributed by atoms with E-state index in [0.29, 0.717) is 32.2 Å². The third kappa shape index (κ3) is 6.29. The van der Waals surface area contributed by atoms with Crippen molar-refractivity contribution in [3.63, 3.8) is 0 Å². The number of rotatable bonds is 11. The SMILES string of the molecule is CCCCC[C@H](C[C@H](NC(=O)[C@@H]1CCCN1C(=O)CN)C(=O)O)C(=O)O. The summed E-state index contributed by atoms with van der Waals surface area (Å²) < 4.78 is 0. The average molecular weight is 371 g/mol. The first kappa shape index (κ1) is 21.9. The van der Waals surface area contributed by atoms with Crippen molar-refractivity contribution >= 4 is 23.8 Å². The van der Waals surface area contributed by atoms with Crippen molar-refractivity contribution in [3.05, 3.63) is 0 Å². The predicted molar refractivity (Wildman–Crippen MR) is 93.2 cm³/mol. The molecule has 9 nitrogen and oxygen atoms in total. The number of hydrogen-bond acceptors (Lipinski definition) is 5. The van der Waals surface area contributed by atoms with E-state index < -0.39 is 35.8 Å². The van der Waals surface area contributed by atoms with Crippen LogP contribution in [-0.4, -0.2) is 64.0 Å². The van der Waals surface area contributed by atoms with Gasteiger partial charge in [-0.15, -0.1) is 0 Å². The second-order valence-corrected chi connectivity index (χ2v) is 6.62. The molecule has 1 aliphatic heterocycles. The molecular formula is C17H29N3O6. The molecule has 148 valence electrons. The Morgan fingerprint density at radius 3 is 2.42 bits per heavy atom. The van der Waals surface area contributed by atoms with E-state index in [0.717, 1.165) is 12.8 Å². The van der Waals surface area contributed by atoms with Gasteiger partial charge in [0.2, 0.25) is 11.8 Å². The first-order valence-corrected chi connectivity index (χ1v) is 9.07. The number of likely N-dealkylation sites (tertiary alicyclic amines) is 1. The van der Waals surface area contributed by atoms with Crippen molar-refractivity contribution in [2.75, 3.05) is 13.1 Å². The number of hydrogen-bond donors (Lipinski definition) is 4. The summed E-state index contributed by atoms with van der Waals surface area (Å²) in [6.07, 6.45) is 3.74. The molecule has 1 aliphatic rings. The summed E-state index contributed by atoms with van der Waals surface area (Å²) in [4.78, 5) is 48.5. The number of carbonyl (C=O) groups excluding carboxylic acids is 2. The van der Waals surface area contributed by atoms with Crippen molar-refractivity contribution in [3.8, 4) is 0 Å². The molecule has 0 bridgehead atoms. The van der Waals surface area contributed by atoms with E-state index in [4.69, 9.17) is 5.73 Å². The predicted octanol–water partition coefficient (Wildman–Crippen LogP) is 0.177. The summed E-state index contributed by atoms with van der Waals surface area (Å²) in [6, 6.07) is -2.06. The second kappa shape index (κ2) is 10.7. The maximum absolute atomic E-state index is 12.4. The van der Waals surface area contributed by atoms with Gasteiger partial charge in [-0.3, -0.25) is 14.4 Å². The van der Waals surface area contributed by atoms with Crippen LogP contribution in [0, 0.1) is 5.92 Å². The van der Waals surface area contributed by atoms with Crippen LogP contribution in [0.2, 0.25) is 0 Å². The zero-order valence-corrected chi connectivity index (χ0v) is 15.1. The number of nitrogens with two attached hydrogens (primary N) is 1. The molecule has 5 N–H and O–H groups in total. The van der Waals surface area contributed by atoms with Gasteiger partial charge in [-0.2, -0.15) is 0 Å². The van der Waals surface area contributed by atoms with Crippen LogP contribution in [-0.2, 0) is 19.2 Å². The molecule has 0 radical (unpaired) electrons. The highest BCUT2D eigenvalue weighted by molar-refractivity contribution is 5.91. The van der Waals surface area contributed by atoms with E-state index >= 15 is 0 Å². The van der Waals surface area contributed by atoms with Crippen molar-refractivity contribution in [2.24, 2.45) is 11.7 Å². The second-order valence-electron chi connectivity index (χ2n) is 6.62. The minimum Gasteiger partial charge on any atom is -0.481 e. The molecule has 0 aromatic heterocycles. The Morgan fingerprint density at radius 2 is 1.88 bits per heavy atom. The standard InChI is InChI=1S/C17H29N3O6/c1-2-3-4-6-11(16(23)24)9-12(17(25)26)19-15(22)13-7-5-8-20(13)14(21)10-18/h11-13H,2-10,18H2,1H3,(H,19,22)(H,23,24)(H,25,26)/t11-,12+,13+/m1/s1. The molecule has 0 aliphatic carbocycles. The van der Waals surface area contributed by atoms with E-state index in [9.17, 15) is 29.4 Å². The molecule has 9 heteroatoms. The molecule has 0 saturated carbocycles. The number of nitrogens with one attached hydrogen (secondary N) is 1. The van der Waals surface area contributed by atoms with Gasteiger partial charge >= 0.3 is 11.9 Å². The minimum atomic E-state index is -1.30. The van der Waals surface area contributed by atoms with Crippen LogP contribution in [0.25, 0.3) is 0 Å². The topological polar surface area (TPSA) is 150 Å². The summed E-state index contributed by atoms with van der Waals surface area (Å²) in [5.41, 5.74) is 5.34. The Bertz CT molecular complexity index is 525. The van der Waals surface area contributed by atoms with Gasteiger partial charge in [-0.1, -0.05) is 26.2 Å². The van der Waals surface area contributed by atoms with Gasteiger partial charge in [0.25, 0.3) is 0 Å². The molecular weight excluding hydrogens is 342 g/mol. The van der Waals surface area contributed by atoms with Gasteiger partial charge in [-0.05, 0) is 25.7 Å². The molecule has 0 aromatic rings. The fraction of sp³-hybridized carbons (Fsp3) is 0.765. The summed E-state index contributed by atoms with van der Waals surface area (Å²) in [6.45, 7) is 2.18. The summed E-state index contributed by atoms with van der Waals surface area (Å²) in [5, 5.41) is 21.1. The van der Waals surface area contributed by atoms with Gasteiger partial charge in [0.15, 0.2) is 0 Å². The number of unbranched alkanes of at least 4 members (excludes halogenated alkanes) is 2. The summed E-state index contributed by atoms with van der Waals surface area (Å²) in [7, 11) is 0. The Labute approximate surface area is 152 Å². The van der Waals surface area contributed by atoms with Crippen LogP contribution in [0.3, 0.4) is 0 Å². The largest absolute Gasteiger partial charge is 0.481 e. The normalized spacial score (nSPS) is 19.0. The molecule has 0 spiro atoms. The lowest BCUT2D eigenvalue weighted by Crippen LogP contribution is -2.52. The van der Waals surface area contributed by atoms with Gasteiger partial charge in [0, 0.05) is 6.54 Å². The number of aliphatic carboxylic acids is 2. The van der Waals surface area contributed by atoms with Crippen LogP contribution in [0.1, 0.15) is 51.9 Å². The highest BCUT2D eigenvalue weighted by Crippen LogP contribution is 2.20. The third-order valence-corrected chi connectivity index (χ3v) is 4.69. The van der Waals surface area contributed by atoms with Gasteiger partial charge in [0.05, 0.1) is 12.5 Å². The van der Waals surface area contributed by atoms with Crippen LogP contribution < -0.4 is 11.1 Å². The van der Waals surface area contributed by atoms with E-state index in [-0.39, 0.29) is 18.9 Å². The van der Waals surface area contributed by atoms with E-state index in [2.05, 4.69) is 5.32 Å². The number of amides is 2. The Balaban J connectivity index is 2.74. The molecule has 1 heterocycles. The van der Waals surface area contributed by atoms with Crippen molar-refractivity contribution in [1.82, 2.24) is 10.2 Å². The molecule has 1 saturated heterocycles. The molecule has 0 aromatic carbocycles. The molecule has 26 heavy (non-hydrogen) atoms. The van der Waals surface area contributed by atoms with Crippen LogP contribution in [0.5, 0.6) is 0 Å². The maximum Gasteiger partial charge on any atom is 0.326 e. The molecule has 0 unspecified atom stereocenters. The average Bonchev–Trinajstić information content (AvgIpc) is 3.08. The maximum atomic E-state index is 12.4. The fourth-order valence-electron chi connectivity index (χ4n) is 3.21. The van der Waals surface area contributed by atoms with Crippen molar-refractivity contribution in [2.45, 2.75) is 64.0 Å². The third-order valence-electron chi connectivity index (χ3n) is 4.69. The molecule has 1 rings (SSSR count). The van der Waals surface area contributed by atoms with Crippen LogP contribution in [0.15, 0.2) is 0 Å². The smallest absolute Gasteiger partial charge is 0.326 e. The quantitative estimate of drug-likeness (QED) is 0.378. The highest BCUT2D eigenvalue weighted by atomic mass is 16.4. The lowest BCUT2D eigenvalue weighted by atomic mass is 9.93. The zero-order chi connectivity index (χ0) is 19.7. The van der Waals surface area contributed by atoms with Crippen molar-refractivity contribution < 1.29 is 29.4 Å². The van der Waals surface area contributed by atoms with Crippen LogP contribution >= 0.6 is 0 Å². The highest BCUT2D eigenvalue weighted by Gasteiger charge is 2.36. The van der Waals surface area contributed by atoms with E-state index in [1.165, 1.54) is 4.90 Å². The van der Waals surface area contributed by atoms with E-state index in [1.54, 1.807) is 0 Å². The number of nitrogens with zero attached hydrogens (tertiary/aromatic N) is 1. The first-order chi connectivity index (χ1) is 12.3. The van der Waals surface area contributed by atoms with Crippen molar-refractivity contribution in [1.29, 1.82) is 0 Å². The monoisotopic (exact) mass is 371 g/mol. The van der Waals surface area contributed by atoms with Gasteiger partial charge in [0.1, 0.15) is 12.1 Å². The first-order valence-electron chi connectivity index (χ1n) is 9.07. The van der Waals surface area contributed by atoms with Gasteiger partial charge in [-0.25, -0.2) is 4.79 Å². The Morgan fingerprint density at radius 1 is 1.19 bits per heavy atom. The van der Waals surface area contributed by atoms with Crippen LogP contribution in [0.4, 0.5) is 0 Å². The lowest BCUT2D eigenvalue weighted by molar-refractivity contribution is -0.146. The Kier molecular flexibility index (Phi) is 9.04. The Hall–Kier alpha value is -2.16. The summed E-state index contributed by atoms with van der Waals surface area (Å²) >= 11 is 0. The summed E-state index contributed by atoms with van der Waals surface area (Å²) in [5.74, 6) is -4.13. The fourth-order valence-corrected chi connectivity index (χ4v) is 3.21. The zero-order valence-electron chi connectivity index (χ0n) is 15.1. The van der Waals surface area contributed by atoms with E-state index in [1.807, 2.05) is 6.92 Å². The van der Waals surface area contributed by atoms with Gasteiger partial charge < -0.3 is 26.2 Å².